The van der Waals surface area contributed by atoms with Crippen LogP contribution in [0.3, 0.4) is 0 Å². The third-order valence-corrected chi connectivity index (χ3v) is 3.43. The number of imidazole rings is 1. The average molecular weight is 227 g/mol. The smallest absolute Gasteiger partial charge is 0.130 e. The fraction of sp³-hybridized carbons (Fsp3) is 0.357. The highest BCUT2D eigenvalue weighted by Crippen LogP contribution is 2.25. The second-order valence-corrected chi connectivity index (χ2v) is 4.58. The predicted octanol–water partition coefficient (Wildman–Crippen LogP) is 2.27. The summed E-state index contributed by atoms with van der Waals surface area (Å²) in [6.45, 7) is 4.27. The number of aryl methyl sites for hydroxylation is 2. The molecule has 0 radical (unpaired) electrons. The minimum atomic E-state index is 0.230. The summed E-state index contributed by atoms with van der Waals surface area (Å²) in [7, 11) is 0. The van der Waals surface area contributed by atoms with Crippen LogP contribution in [0.2, 0.25) is 0 Å². The molecule has 2 heterocycles. The van der Waals surface area contributed by atoms with Gasteiger partial charge in [-0.25, -0.2) is 4.98 Å². The zero-order valence-corrected chi connectivity index (χ0v) is 10.1. The molecule has 0 amide bonds. The maximum absolute atomic E-state index is 4.52. The van der Waals surface area contributed by atoms with Crippen LogP contribution >= 0.6 is 0 Å². The Kier molecular flexibility index (Phi) is 2.69. The molecular weight excluding hydrogens is 210 g/mol. The quantitative estimate of drug-likeness (QED) is 0.810. The summed E-state index contributed by atoms with van der Waals surface area (Å²) in [5, 5.41) is 3.60. The Morgan fingerprint density at radius 1 is 1.35 bits per heavy atom. The third kappa shape index (κ3) is 1.87. The predicted molar refractivity (Wildman–Crippen MR) is 67.9 cm³/mol. The van der Waals surface area contributed by atoms with Crippen molar-refractivity contribution >= 4 is 0 Å². The van der Waals surface area contributed by atoms with Crippen molar-refractivity contribution in [3.8, 4) is 0 Å². The van der Waals surface area contributed by atoms with Gasteiger partial charge in [-0.05, 0) is 31.0 Å². The van der Waals surface area contributed by atoms with Crippen LogP contribution in [-0.4, -0.2) is 16.1 Å². The monoisotopic (exact) mass is 227 g/mol. The van der Waals surface area contributed by atoms with E-state index in [4.69, 9.17) is 0 Å². The molecule has 17 heavy (non-hydrogen) atoms. The summed E-state index contributed by atoms with van der Waals surface area (Å²) in [5.41, 5.74) is 2.66. The summed E-state index contributed by atoms with van der Waals surface area (Å²) < 4.78 is 2.26. The van der Waals surface area contributed by atoms with Gasteiger partial charge >= 0.3 is 0 Å². The number of nitrogens with one attached hydrogen (secondary N) is 1. The average Bonchev–Trinajstić information content (AvgIpc) is 2.71. The Hall–Kier alpha value is -1.61. The molecule has 0 saturated carbocycles. The van der Waals surface area contributed by atoms with Gasteiger partial charge in [-0.1, -0.05) is 24.3 Å². The molecule has 0 saturated heterocycles. The van der Waals surface area contributed by atoms with E-state index < -0.39 is 0 Å². The summed E-state index contributed by atoms with van der Waals surface area (Å²) in [4.78, 5) is 4.52. The molecule has 3 rings (SSSR count). The first kappa shape index (κ1) is 10.5. The van der Waals surface area contributed by atoms with Gasteiger partial charge in [0.05, 0.1) is 6.04 Å². The van der Waals surface area contributed by atoms with Crippen molar-refractivity contribution in [2.45, 2.75) is 25.9 Å². The van der Waals surface area contributed by atoms with E-state index in [9.17, 15) is 0 Å². The van der Waals surface area contributed by atoms with E-state index in [1.807, 2.05) is 6.20 Å². The first-order valence-corrected chi connectivity index (χ1v) is 6.16. The van der Waals surface area contributed by atoms with Crippen LogP contribution in [0.4, 0.5) is 0 Å². The van der Waals surface area contributed by atoms with Gasteiger partial charge in [0.25, 0.3) is 0 Å². The molecule has 1 aromatic heterocycles. The van der Waals surface area contributed by atoms with Gasteiger partial charge in [0.2, 0.25) is 0 Å². The molecule has 1 unspecified atom stereocenters. The molecule has 0 fully saturated rings. The van der Waals surface area contributed by atoms with Gasteiger partial charge in [0.15, 0.2) is 0 Å². The Morgan fingerprint density at radius 3 is 3.12 bits per heavy atom. The van der Waals surface area contributed by atoms with Crippen molar-refractivity contribution in [1.82, 2.24) is 14.9 Å². The minimum absolute atomic E-state index is 0.230. The van der Waals surface area contributed by atoms with Crippen LogP contribution in [-0.2, 0) is 6.54 Å². The number of aromatic nitrogens is 2. The van der Waals surface area contributed by atoms with Crippen LogP contribution < -0.4 is 5.32 Å². The van der Waals surface area contributed by atoms with Crippen LogP contribution in [0.15, 0.2) is 36.7 Å². The van der Waals surface area contributed by atoms with Crippen LogP contribution in [0.1, 0.15) is 29.4 Å². The van der Waals surface area contributed by atoms with Crippen molar-refractivity contribution in [2.24, 2.45) is 0 Å². The summed E-state index contributed by atoms with van der Waals surface area (Å²) in [5.74, 6) is 1.14. The van der Waals surface area contributed by atoms with E-state index >= 15 is 0 Å². The lowest BCUT2D eigenvalue weighted by atomic mass is 10.0. The molecule has 0 bridgehead atoms. The molecule has 1 aromatic carbocycles. The molecule has 1 aliphatic rings. The molecular formula is C14H17N3. The second-order valence-electron chi connectivity index (χ2n) is 4.58. The van der Waals surface area contributed by atoms with Crippen molar-refractivity contribution in [3.05, 3.63) is 53.6 Å². The first-order chi connectivity index (χ1) is 8.36. The fourth-order valence-electron chi connectivity index (χ4n) is 2.52. The molecule has 0 aliphatic carbocycles. The molecule has 0 spiro atoms. The fourth-order valence-corrected chi connectivity index (χ4v) is 2.52. The van der Waals surface area contributed by atoms with Gasteiger partial charge in [-0.3, -0.25) is 0 Å². The van der Waals surface area contributed by atoms with Gasteiger partial charge in [-0.15, -0.1) is 0 Å². The van der Waals surface area contributed by atoms with Crippen molar-refractivity contribution in [3.63, 3.8) is 0 Å². The van der Waals surface area contributed by atoms with Gasteiger partial charge < -0.3 is 9.88 Å². The van der Waals surface area contributed by atoms with Gasteiger partial charge in [-0.2, -0.15) is 0 Å². The summed E-state index contributed by atoms with van der Waals surface area (Å²) in [6, 6.07) is 8.77. The van der Waals surface area contributed by atoms with E-state index in [1.54, 1.807) is 0 Å². The molecule has 3 nitrogen and oxygen atoms in total. The first-order valence-electron chi connectivity index (χ1n) is 6.16. The molecule has 1 aliphatic heterocycles. The summed E-state index contributed by atoms with van der Waals surface area (Å²) in [6.07, 6.45) is 5.13. The number of benzene rings is 1. The van der Waals surface area contributed by atoms with Crippen LogP contribution in [0, 0.1) is 6.92 Å². The lowest BCUT2D eigenvalue weighted by molar-refractivity contribution is 0.598. The highest BCUT2D eigenvalue weighted by molar-refractivity contribution is 5.33. The molecule has 1 N–H and O–H groups in total. The van der Waals surface area contributed by atoms with Gasteiger partial charge in [0.1, 0.15) is 5.82 Å². The minimum Gasteiger partial charge on any atom is -0.333 e. The Balaban J connectivity index is 2.07. The molecule has 3 heteroatoms. The molecule has 2 aromatic rings. The Labute approximate surface area is 101 Å². The Bertz CT molecular complexity index is 516. The van der Waals surface area contributed by atoms with Crippen molar-refractivity contribution in [2.75, 3.05) is 6.54 Å². The van der Waals surface area contributed by atoms with E-state index in [0.29, 0.717) is 0 Å². The lowest BCUT2D eigenvalue weighted by Crippen LogP contribution is -2.23. The van der Waals surface area contributed by atoms with E-state index in [2.05, 4.69) is 52.3 Å². The maximum Gasteiger partial charge on any atom is 0.130 e. The molecule has 88 valence electrons. The van der Waals surface area contributed by atoms with Gasteiger partial charge in [0, 0.05) is 18.9 Å². The zero-order chi connectivity index (χ0) is 11.7. The number of hydrogen-bond donors (Lipinski definition) is 1. The highest BCUT2D eigenvalue weighted by atomic mass is 15.1. The number of fused-ring (bicyclic) bond motifs is 1. The number of hydrogen-bond acceptors (Lipinski definition) is 2. The SMILES string of the molecule is Cc1ccccc1C1NCCCn2ccnc21. The maximum atomic E-state index is 4.52. The standard InChI is InChI=1S/C14H17N3/c1-11-5-2-3-6-12(11)13-14-16-8-10-17(14)9-4-7-15-13/h2-3,5-6,8,10,13,15H,4,7,9H2,1H3. The van der Waals surface area contributed by atoms with Crippen LogP contribution in [0.25, 0.3) is 0 Å². The molecule has 1 atom stereocenters. The summed E-state index contributed by atoms with van der Waals surface area (Å²) >= 11 is 0. The largest absolute Gasteiger partial charge is 0.333 e. The van der Waals surface area contributed by atoms with Crippen LogP contribution in [0.5, 0.6) is 0 Å². The van der Waals surface area contributed by atoms with E-state index in [-0.39, 0.29) is 6.04 Å². The van der Waals surface area contributed by atoms with Crippen molar-refractivity contribution < 1.29 is 0 Å². The zero-order valence-electron chi connectivity index (χ0n) is 10.1. The third-order valence-electron chi connectivity index (χ3n) is 3.43. The lowest BCUT2D eigenvalue weighted by Gasteiger charge is -2.18. The van der Waals surface area contributed by atoms with E-state index in [0.717, 1.165) is 25.3 Å². The normalized spacial score (nSPS) is 19.7. The van der Waals surface area contributed by atoms with Crippen molar-refractivity contribution in [1.29, 1.82) is 0 Å². The topological polar surface area (TPSA) is 29.9 Å². The Morgan fingerprint density at radius 2 is 2.24 bits per heavy atom. The number of nitrogens with zero attached hydrogens (tertiary/aromatic N) is 2. The second kappa shape index (κ2) is 4.34. The highest BCUT2D eigenvalue weighted by Gasteiger charge is 2.21. The van der Waals surface area contributed by atoms with E-state index in [1.165, 1.54) is 11.1 Å². The number of rotatable bonds is 1.